The number of amides is 1. The molecule has 2 aromatic carbocycles. The lowest BCUT2D eigenvalue weighted by Gasteiger charge is -2.45. The number of aromatic nitrogens is 2. The van der Waals surface area contributed by atoms with Crippen LogP contribution in [0.5, 0.6) is 5.75 Å². The number of aryl methyl sites for hydroxylation is 1. The summed E-state index contributed by atoms with van der Waals surface area (Å²) in [5, 5.41) is 0. The van der Waals surface area contributed by atoms with Crippen LogP contribution < -0.4 is 4.74 Å². The van der Waals surface area contributed by atoms with Gasteiger partial charge >= 0.3 is 0 Å². The van der Waals surface area contributed by atoms with Crippen LogP contribution >= 0.6 is 0 Å². The van der Waals surface area contributed by atoms with Crippen molar-refractivity contribution in [1.82, 2.24) is 14.5 Å². The normalized spacial score (nSPS) is 19.1. The van der Waals surface area contributed by atoms with Crippen molar-refractivity contribution in [2.75, 3.05) is 14.2 Å². The van der Waals surface area contributed by atoms with Crippen molar-refractivity contribution < 1.29 is 13.9 Å². The Labute approximate surface area is 199 Å². The fourth-order valence-corrected chi connectivity index (χ4v) is 4.53. The second kappa shape index (κ2) is 9.63. The fraction of sp³-hybridized carbons (Fsp3) is 0.296. The van der Waals surface area contributed by atoms with E-state index in [9.17, 15) is 9.18 Å². The van der Waals surface area contributed by atoms with E-state index in [2.05, 4.69) is 9.98 Å². The second-order valence-corrected chi connectivity index (χ2v) is 8.63. The SMILES string of the molecule is CN=C(C=Cc1ccc(-n2cnc(C)c2)c(OC)c1)N1C(=O)CCCC1(C)c1ccc(F)cc1. The molecule has 0 aliphatic carbocycles. The Balaban J connectivity index is 1.65. The Bertz CT molecular complexity index is 1250. The molecule has 0 saturated carbocycles. The van der Waals surface area contributed by atoms with E-state index in [-0.39, 0.29) is 11.7 Å². The van der Waals surface area contributed by atoms with Crippen molar-refractivity contribution >= 4 is 17.8 Å². The van der Waals surface area contributed by atoms with E-state index in [0.717, 1.165) is 35.3 Å². The van der Waals surface area contributed by atoms with Gasteiger partial charge < -0.3 is 9.30 Å². The van der Waals surface area contributed by atoms with E-state index in [4.69, 9.17) is 4.74 Å². The van der Waals surface area contributed by atoms with Gasteiger partial charge in [-0.15, -0.1) is 0 Å². The maximum absolute atomic E-state index is 13.6. The van der Waals surface area contributed by atoms with Crippen LogP contribution in [0, 0.1) is 12.7 Å². The van der Waals surface area contributed by atoms with Crippen molar-refractivity contribution in [1.29, 1.82) is 0 Å². The highest BCUT2D eigenvalue weighted by Gasteiger charge is 2.41. The van der Waals surface area contributed by atoms with Gasteiger partial charge in [-0.25, -0.2) is 9.37 Å². The highest BCUT2D eigenvalue weighted by atomic mass is 19.1. The maximum atomic E-state index is 13.6. The summed E-state index contributed by atoms with van der Waals surface area (Å²) >= 11 is 0. The van der Waals surface area contributed by atoms with E-state index >= 15 is 0 Å². The standard InChI is InChI=1S/C27H29FN4O2/c1-19-17-31(18-30-19)23-13-7-20(16-24(23)34-4)8-14-25(29-3)32-26(33)6-5-15-27(32,2)21-9-11-22(28)12-10-21/h7-14,16-18H,5-6,15H2,1-4H3. The van der Waals surface area contributed by atoms with Gasteiger partial charge in [0.2, 0.25) is 5.91 Å². The van der Waals surface area contributed by atoms with E-state index in [1.54, 1.807) is 37.5 Å². The number of aliphatic imine (C=N–C) groups is 1. The number of likely N-dealkylation sites (tertiary alicyclic amines) is 1. The van der Waals surface area contributed by atoms with E-state index < -0.39 is 5.54 Å². The number of carbonyl (C=O) groups excluding carboxylic acids is 1. The lowest BCUT2D eigenvalue weighted by atomic mass is 9.81. The van der Waals surface area contributed by atoms with Crippen LogP contribution in [0.25, 0.3) is 11.8 Å². The van der Waals surface area contributed by atoms with Crippen molar-refractivity contribution in [2.45, 2.75) is 38.6 Å². The van der Waals surface area contributed by atoms with Crippen LogP contribution in [-0.2, 0) is 10.3 Å². The third-order valence-electron chi connectivity index (χ3n) is 6.34. The Morgan fingerprint density at radius 3 is 2.65 bits per heavy atom. The van der Waals surface area contributed by atoms with E-state index in [1.807, 2.05) is 55.0 Å². The average Bonchev–Trinajstić information content (AvgIpc) is 3.27. The van der Waals surface area contributed by atoms with Crippen LogP contribution in [0.4, 0.5) is 4.39 Å². The number of nitrogens with zero attached hydrogens (tertiary/aromatic N) is 4. The van der Waals surface area contributed by atoms with Crippen molar-refractivity contribution in [2.24, 2.45) is 4.99 Å². The molecule has 1 aromatic heterocycles. The molecule has 34 heavy (non-hydrogen) atoms. The second-order valence-electron chi connectivity index (χ2n) is 8.63. The van der Waals surface area contributed by atoms with Crippen molar-refractivity contribution in [3.05, 3.63) is 83.7 Å². The number of hydrogen-bond donors (Lipinski definition) is 0. The molecule has 1 saturated heterocycles. The molecule has 1 unspecified atom stereocenters. The molecule has 7 heteroatoms. The number of piperidine rings is 1. The molecule has 176 valence electrons. The summed E-state index contributed by atoms with van der Waals surface area (Å²) in [7, 11) is 3.31. The molecule has 0 spiro atoms. The first kappa shape index (κ1) is 23.4. The Hall–Kier alpha value is -3.74. The predicted octanol–water partition coefficient (Wildman–Crippen LogP) is 5.30. The third kappa shape index (κ3) is 4.51. The number of benzene rings is 2. The number of halogens is 1. The quantitative estimate of drug-likeness (QED) is 0.384. The molecule has 1 aliphatic heterocycles. The van der Waals surface area contributed by atoms with Gasteiger partial charge in [0.05, 0.1) is 30.4 Å². The summed E-state index contributed by atoms with van der Waals surface area (Å²) in [6.45, 7) is 3.95. The minimum Gasteiger partial charge on any atom is -0.495 e. The summed E-state index contributed by atoms with van der Waals surface area (Å²) in [6, 6.07) is 12.3. The number of hydrogen-bond acceptors (Lipinski definition) is 4. The molecule has 6 nitrogen and oxygen atoms in total. The maximum Gasteiger partial charge on any atom is 0.228 e. The molecule has 2 heterocycles. The van der Waals surface area contributed by atoms with Crippen LogP contribution in [-0.4, -0.2) is 40.4 Å². The molecule has 4 rings (SSSR count). The average molecular weight is 461 g/mol. The number of ether oxygens (including phenoxy) is 1. The van der Waals surface area contributed by atoms with Crippen molar-refractivity contribution in [3.63, 3.8) is 0 Å². The first-order valence-electron chi connectivity index (χ1n) is 11.3. The molecule has 3 aromatic rings. The first-order chi connectivity index (χ1) is 16.4. The third-order valence-corrected chi connectivity index (χ3v) is 6.34. The molecule has 1 amide bonds. The Morgan fingerprint density at radius 2 is 2.00 bits per heavy atom. The monoisotopic (exact) mass is 460 g/mol. The molecule has 0 radical (unpaired) electrons. The Kier molecular flexibility index (Phi) is 6.63. The minimum atomic E-state index is -0.608. The summed E-state index contributed by atoms with van der Waals surface area (Å²) in [6.07, 6.45) is 9.45. The molecule has 1 aliphatic rings. The zero-order chi connectivity index (χ0) is 24.3. The molecule has 1 fully saturated rings. The van der Waals surface area contributed by atoms with E-state index in [1.165, 1.54) is 12.1 Å². The molecule has 0 bridgehead atoms. The minimum absolute atomic E-state index is 0.00623. The zero-order valence-electron chi connectivity index (χ0n) is 20.0. The topological polar surface area (TPSA) is 59.7 Å². The largest absolute Gasteiger partial charge is 0.495 e. The van der Waals surface area contributed by atoms with Gasteiger partial charge in [-0.3, -0.25) is 14.7 Å². The van der Waals surface area contributed by atoms with Gasteiger partial charge in [0.25, 0.3) is 0 Å². The highest BCUT2D eigenvalue weighted by molar-refractivity contribution is 6.07. The van der Waals surface area contributed by atoms with Crippen LogP contribution in [0.3, 0.4) is 0 Å². The molecule has 0 N–H and O–H groups in total. The number of imidazole rings is 1. The lowest BCUT2D eigenvalue weighted by Crippen LogP contribution is -2.53. The van der Waals surface area contributed by atoms with Crippen LogP contribution in [0.2, 0.25) is 0 Å². The molecular formula is C27H29FN4O2. The zero-order valence-corrected chi connectivity index (χ0v) is 20.0. The van der Waals surface area contributed by atoms with E-state index in [0.29, 0.717) is 18.0 Å². The first-order valence-corrected chi connectivity index (χ1v) is 11.3. The predicted molar refractivity (Wildman–Crippen MR) is 132 cm³/mol. The van der Waals surface area contributed by atoms with Crippen LogP contribution in [0.15, 0.2) is 66.1 Å². The van der Waals surface area contributed by atoms with Gasteiger partial charge in [0, 0.05) is 19.7 Å². The summed E-state index contributed by atoms with van der Waals surface area (Å²) in [5.41, 5.74) is 3.00. The number of carbonyl (C=O) groups is 1. The van der Waals surface area contributed by atoms with Gasteiger partial charge in [0.15, 0.2) is 0 Å². The number of amidine groups is 1. The van der Waals surface area contributed by atoms with Crippen molar-refractivity contribution in [3.8, 4) is 11.4 Å². The van der Waals surface area contributed by atoms with Crippen LogP contribution in [0.1, 0.15) is 43.0 Å². The van der Waals surface area contributed by atoms with Gasteiger partial charge in [-0.1, -0.05) is 24.3 Å². The van der Waals surface area contributed by atoms with Gasteiger partial charge in [-0.05, 0) is 68.2 Å². The Morgan fingerprint density at radius 1 is 1.24 bits per heavy atom. The molecular weight excluding hydrogens is 431 g/mol. The highest BCUT2D eigenvalue weighted by Crippen LogP contribution is 2.38. The van der Waals surface area contributed by atoms with Gasteiger partial charge in [0.1, 0.15) is 17.4 Å². The molecule has 1 atom stereocenters. The number of methoxy groups -OCH3 is 1. The summed E-state index contributed by atoms with van der Waals surface area (Å²) in [5.74, 6) is 0.977. The van der Waals surface area contributed by atoms with Gasteiger partial charge in [-0.2, -0.15) is 0 Å². The smallest absolute Gasteiger partial charge is 0.228 e. The lowest BCUT2D eigenvalue weighted by molar-refractivity contribution is -0.135. The number of rotatable bonds is 5. The fourth-order valence-electron chi connectivity index (χ4n) is 4.53. The summed E-state index contributed by atoms with van der Waals surface area (Å²) in [4.78, 5) is 23.6. The summed E-state index contributed by atoms with van der Waals surface area (Å²) < 4.78 is 21.1.